The second kappa shape index (κ2) is 9.79. The molecule has 160 valence electrons. The fourth-order valence-electron chi connectivity index (χ4n) is 3.93. The average molecular weight is 408 g/mol. The molecule has 0 radical (unpaired) electrons. The second-order valence-electron chi connectivity index (χ2n) is 8.74. The molecule has 3 rings (SSSR count). The zero-order valence-electron chi connectivity index (χ0n) is 18.4. The maximum atomic E-state index is 12.8. The van der Waals surface area contributed by atoms with Gasteiger partial charge < -0.3 is 15.5 Å². The van der Waals surface area contributed by atoms with Gasteiger partial charge in [-0.25, -0.2) is 4.79 Å². The van der Waals surface area contributed by atoms with Crippen LogP contribution in [0.4, 0.5) is 10.5 Å². The Bertz CT molecular complexity index is 871. The quantitative estimate of drug-likeness (QED) is 0.698. The molecule has 2 aromatic carbocycles. The van der Waals surface area contributed by atoms with Gasteiger partial charge in [0.15, 0.2) is 0 Å². The van der Waals surface area contributed by atoms with E-state index in [2.05, 4.69) is 31.4 Å². The molecule has 1 aliphatic heterocycles. The highest BCUT2D eigenvalue weighted by Crippen LogP contribution is 2.23. The Hall–Kier alpha value is -2.82. The van der Waals surface area contributed by atoms with Gasteiger partial charge in [-0.1, -0.05) is 51.1 Å². The Labute approximate surface area is 179 Å². The summed E-state index contributed by atoms with van der Waals surface area (Å²) in [5.74, 6) is 1.02. The molecule has 1 atom stereocenters. The van der Waals surface area contributed by atoms with Crippen molar-refractivity contribution in [3.8, 4) is 0 Å². The monoisotopic (exact) mass is 407 g/mol. The number of urea groups is 1. The van der Waals surface area contributed by atoms with E-state index in [1.165, 1.54) is 0 Å². The standard InChI is InChI=1S/C25H33N3O2/c1-17(2)23(20-8-6-5-7-9-20)27-25(30)26-22-11-10-21(16-19(22)4)24(29)28-14-12-18(3)13-15-28/h5-11,16-18,23H,12-15H2,1-4H3,(H2,26,27,30). The number of carbonyl (C=O) groups excluding carboxylic acids is 2. The van der Waals surface area contributed by atoms with E-state index in [4.69, 9.17) is 0 Å². The molecule has 2 N–H and O–H groups in total. The van der Waals surface area contributed by atoms with Crippen LogP contribution < -0.4 is 10.6 Å². The molecule has 0 aliphatic carbocycles. The molecule has 5 nitrogen and oxygen atoms in total. The number of carbonyl (C=O) groups is 2. The molecule has 1 unspecified atom stereocenters. The van der Waals surface area contributed by atoms with Gasteiger partial charge in [0.1, 0.15) is 0 Å². The van der Waals surface area contributed by atoms with Crippen LogP contribution in [-0.4, -0.2) is 29.9 Å². The first-order chi connectivity index (χ1) is 14.3. The van der Waals surface area contributed by atoms with Crippen LogP contribution in [0.3, 0.4) is 0 Å². The summed E-state index contributed by atoms with van der Waals surface area (Å²) < 4.78 is 0. The van der Waals surface area contributed by atoms with Crippen molar-refractivity contribution < 1.29 is 9.59 Å². The van der Waals surface area contributed by atoms with Crippen molar-refractivity contribution in [3.05, 3.63) is 65.2 Å². The largest absolute Gasteiger partial charge is 0.339 e. The van der Waals surface area contributed by atoms with Crippen molar-refractivity contribution in [2.24, 2.45) is 11.8 Å². The number of aryl methyl sites for hydroxylation is 1. The number of piperidine rings is 1. The second-order valence-corrected chi connectivity index (χ2v) is 8.74. The Morgan fingerprint density at radius 1 is 1.03 bits per heavy atom. The third-order valence-electron chi connectivity index (χ3n) is 5.90. The highest BCUT2D eigenvalue weighted by molar-refractivity contribution is 5.96. The summed E-state index contributed by atoms with van der Waals surface area (Å²) in [4.78, 5) is 27.4. The lowest BCUT2D eigenvalue weighted by Crippen LogP contribution is -2.38. The fourth-order valence-corrected chi connectivity index (χ4v) is 3.93. The lowest BCUT2D eigenvalue weighted by Gasteiger charge is -2.30. The van der Waals surface area contributed by atoms with Crippen molar-refractivity contribution in [2.45, 2.75) is 46.6 Å². The van der Waals surface area contributed by atoms with E-state index >= 15 is 0 Å². The van der Waals surface area contributed by atoms with Crippen molar-refractivity contribution in [1.29, 1.82) is 0 Å². The van der Waals surface area contributed by atoms with E-state index in [1.807, 2.05) is 54.3 Å². The minimum Gasteiger partial charge on any atom is -0.339 e. The molecule has 1 saturated heterocycles. The van der Waals surface area contributed by atoms with Crippen LogP contribution in [-0.2, 0) is 0 Å². The van der Waals surface area contributed by atoms with Crippen LogP contribution in [0.2, 0.25) is 0 Å². The molecule has 0 aromatic heterocycles. The van der Waals surface area contributed by atoms with E-state index < -0.39 is 0 Å². The van der Waals surface area contributed by atoms with E-state index in [1.54, 1.807) is 6.07 Å². The third kappa shape index (κ3) is 5.41. The number of benzene rings is 2. The number of likely N-dealkylation sites (tertiary alicyclic amines) is 1. The number of rotatable bonds is 5. The molecular formula is C25H33N3O2. The van der Waals surface area contributed by atoms with Gasteiger partial charge in [-0.05, 0) is 60.9 Å². The van der Waals surface area contributed by atoms with E-state index in [9.17, 15) is 9.59 Å². The summed E-state index contributed by atoms with van der Waals surface area (Å²) in [6.07, 6.45) is 2.12. The smallest absolute Gasteiger partial charge is 0.319 e. The summed E-state index contributed by atoms with van der Waals surface area (Å²) in [6.45, 7) is 9.96. The molecule has 0 spiro atoms. The van der Waals surface area contributed by atoms with Gasteiger partial charge in [-0.15, -0.1) is 0 Å². The van der Waals surface area contributed by atoms with Gasteiger partial charge in [0.25, 0.3) is 5.91 Å². The lowest BCUT2D eigenvalue weighted by atomic mass is 9.96. The maximum absolute atomic E-state index is 12.8. The summed E-state index contributed by atoms with van der Waals surface area (Å²) in [5, 5.41) is 6.02. The predicted octanol–water partition coefficient (Wildman–Crippen LogP) is 5.39. The predicted molar refractivity (Wildman–Crippen MR) is 122 cm³/mol. The first-order valence-corrected chi connectivity index (χ1v) is 10.9. The molecule has 1 aliphatic rings. The van der Waals surface area contributed by atoms with Gasteiger partial charge >= 0.3 is 6.03 Å². The van der Waals surface area contributed by atoms with Crippen molar-refractivity contribution in [3.63, 3.8) is 0 Å². The average Bonchev–Trinajstić information content (AvgIpc) is 2.74. The number of nitrogens with one attached hydrogen (secondary N) is 2. The van der Waals surface area contributed by atoms with Gasteiger partial charge in [-0.2, -0.15) is 0 Å². The third-order valence-corrected chi connectivity index (χ3v) is 5.90. The number of hydrogen-bond donors (Lipinski definition) is 2. The lowest BCUT2D eigenvalue weighted by molar-refractivity contribution is 0.0697. The van der Waals surface area contributed by atoms with E-state index in [-0.39, 0.29) is 23.9 Å². The first kappa shape index (κ1) is 21.9. The van der Waals surface area contributed by atoms with Gasteiger partial charge in [-0.3, -0.25) is 4.79 Å². The Kier molecular flexibility index (Phi) is 7.14. The summed E-state index contributed by atoms with van der Waals surface area (Å²) in [5.41, 5.74) is 3.35. The van der Waals surface area contributed by atoms with Crippen LogP contribution >= 0.6 is 0 Å². The summed E-state index contributed by atoms with van der Waals surface area (Å²) >= 11 is 0. The first-order valence-electron chi connectivity index (χ1n) is 10.9. The zero-order valence-corrected chi connectivity index (χ0v) is 18.4. The Morgan fingerprint density at radius 2 is 1.70 bits per heavy atom. The zero-order chi connectivity index (χ0) is 21.7. The van der Waals surface area contributed by atoms with Crippen LogP contribution in [0.25, 0.3) is 0 Å². The molecule has 2 aromatic rings. The minimum atomic E-state index is -0.246. The topological polar surface area (TPSA) is 61.4 Å². The number of anilines is 1. The molecule has 3 amide bonds. The van der Waals surface area contributed by atoms with Gasteiger partial charge in [0.05, 0.1) is 6.04 Å². The normalized spacial score (nSPS) is 15.7. The number of nitrogens with zero attached hydrogens (tertiary/aromatic N) is 1. The van der Waals surface area contributed by atoms with Crippen molar-refractivity contribution >= 4 is 17.6 Å². The van der Waals surface area contributed by atoms with Crippen LogP contribution in [0.1, 0.15) is 61.1 Å². The van der Waals surface area contributed by atoms with Gasteiger partial charge in [0.2, 0.25) is 0 Å². The van der Waals surface area contributed by atoms with Crippen LogP contribution in [0.5, 0.6) is 0 Å². The van der Waals surface area contributed by atoms with Crippen molar-refractivity contribution in [1.82, 2.24) is 10.2 Å². The molecule has 1 heterocycles. The van der Waals surface area contributed by atoms with Crippen LogP contribution in [0, 0.1) is 18.8 Å². The maximum Gasteiger partial charge on any atom is 0.319 e. The molecule has 0 bridgehead atoms. The molecule has 5 heteroatoms. The summed E-state index contributed by atoms with van der Waals surface area (Å²) in [7, 11) is 0. The van der Waals surface area contributed by atoms with Crippen molar-refractivity contribution in [2.75, 3.05) is 18.4 Å². The molecular weight excluding hydrogens is 374 g/mol. The Morgan fingerprint density at radius 3 is 2.30 bits per heavy atom. The highest BCUT2D eigenvalue weighted by atomic mass is 16.2. The molecule has 30 heavy (non-hydrogen) atoms. The van der Waals surface area contributed by atoms with Gasteiger partial charge in [0, 0.05) is 24.3 Å². The summed E-state index contributed by atoms with van der Waals surface area (Å²) in [6, 6.07) is 15.2. The van der Waals surface area contributed by atoms with Crippen LogP contribution in [0.15, 0.2) is 48.5 Å². The Balaban J connectivity index is 1.65. The molecule has 0 saturated carbocycles. The highest BCUT2D eigenvalue weighted by Gasteiger charge is 2.22. The van der Waals surface area contributed by atoms with E-state index in [0.29, 0.717) is 17.2 Å². The van der Waals surface area contributed by atoms with E-state index in [0.717, 1.165) is 37.1 Å². The number of amides is 3. The fraction of sp³-hybridized carbons (Fsp3) is 0.440. The number of hydrogen-bond acceptors (Lipinski definition) is 2. The molecule has 1 fully saturated rings. The minimum absolute atomic E-state index is 0.0740. The SMILES string of the molecule is Cc1cc(C(=O)N2CCC(C)CC2)ccc1NC(=O)NC(c1ccccc1)C(C)C.